The molecular weight excluding hydrogens is 322 g/mol. The first-order chi connectivity index (χ1) is 12.7. The molecule has 134 valence electrons. The highest BCUT2D eigenvalue weighted by Gasteiger charge is 2.06. The van der Waals surface area contributed by atoms with Crippen LogP contribution in [0.25, 0.3) is 11.1 Å². The molecule has 0 spiro atoms. The van der Waals surface area contributed by atoms with Gasteiger partial charge in [-0.3, -0.25) is 0 Å². The van der Waals surface area contributed by atoms with E-state index in [2.05, 4.69) is 60.8 Å². The number of rotatable bonds is 7. The van der Waals surface area contributed by atoms with Crippen LogP contribution in [0.5, 0.6) is 11.5 Å². The number of ether oxygens (including phenoxy) is 2. The number of nitrogens with one attached hydrogen (secondary N) is 1. The standard InChI is InChI=1S/C23H25NO2/c1-17(19-10-12-22(25-2)13-11-19)24-16-18-6-4-7-20(14-18)21-8-5-9-23(15-21)26-3/h4-15,17,24H,16H2,1-3H3/t17-/m1/s1. The Kier molecular flexibility index (Phi) is 5.92. The van der Waals surface area contributed by atoms with E-state index in [0.29, 0.717) is 0 Å². The number of benzene rings is 3. The van der Waals surface area contributed by atoms with Crippen molar-refractivity contribution in [1.29, 1.82) is 0 Å². The van der Waals surface area contributed by atoms with Crippen LogP contribution in [0.15, 0.2) is 72.8 Å². The number of hydrogen-bond acceptors (Lipinski definition) is 3. The van der Waals surface area contributed by atoms with E-state index in [1.165, 1.54) is 16.7 Å². The average Bonchev–Trinajstić information content (AvgIpc) is 2.72. The Morgan fingerprint density at radius 2 is 1.42 bits per heavy atom. The van der Waals surface area contributed by atoms with Crippen LogP contribution in [0.3, 0.4) is 0 Å². The van der Waals surface area contributed by atoms with Crippen LogP contribution < -0.4 is 14.8 Å². The largest absolute Gasteiger partial charge is 0.497 e. The molecule has 3 aromatic rings. The van der Waals surface area contributed by atoms with Gasteiger partial charge in [0.1, 0.15) is 11.5 Å². The van der Waals surface area contributed by atoms with Crippen LogP contribution in [0.4, 0.5) is 0 Å². The van der Waals surface area contributed by atoms with Crippen LogP contribution >= 0.6 is 0 Å². The summed E-state index contributed by atoms with van der Waals surface area (Å²) in [5.41, 5.74) is 4.86. The highest BCUT2D eigenvalue weighted by Crippen LogP contribution is 2.25. The Morgan fingerprint density at radius 1 is 0.769 bits per heavy atom. The lowest BCUT2D eigenvalue weighted by molar-refractivity contribution is 0.414. The quantitative estimate of drug-likeness (QED) is 0.635. The van der Waals surface area contributed by atoms with Crippen molar-refractivity contribution in [2.24, 2.45) is 0 Å². The van der Waals surface area contributed by atoms with Crippen LogP contribution in [0, 0.1) is 0 Å². The maximum Gasteiger partial charge on any atom is 0.119 e. The molecule has 0 saturated carbocycles. The van der Waals surface area contributed by atoms with Gasteiger partial charge in [0.25, 0.3) is 0 Å². The lowest BCUT2D eigenvalue weighted by atomic mass is 10.0. The zero-order valence-corrected chi connectivity index (χ0v) is 15.5. The zero-order chi connectivity index (χ0) is 18.4. The first-order valence-corrected chi connectivity index (χ1v) is 8.80. The molecule has 0 aliphatic carbocycles. The summed E-state index contributed by atoms with van der Waals surface area (Å²) >= 11 is 0. The minimum absolute atomic E-state index is 0.265. The Hall–Kier alpha value is -2.78. The molecule has 0 unspecified atom stereocenters. The van der Waals surface area contributed by atoms with Gasteiger partial charge in [0.15, 0.2) is 0 Å². The first-order valence-electron chi connectivity index (χ1n) is 8.80. The second kappa shape index (κ2) is 8.54. The molecule has 0 fully saturated rings. The van der Waals surface area contributed by atoms with Crippen LogP contribution in [0.1, 0.15) is 24.1 Å². The Balaban J connectivity index is 1.68. The van der Waals surface area contributed by atoms with E-state index >= 15 is 0 Å². The summed E-state index contributed by atoms with van der Waals surface area (Å²) in [6.45, 7) is 2.98. The predicted molar refractivity (Wildman–Crippen MR) is 107 cm³/mol. The Labute approximate surface area is 155 Å². The van der Waals surface area contributed by atoms with Crippen molar-refractivity contribution in [3.63, 3.8) is 0 Å². The number of methoxy groups -OCH3 is 2. The van der Waals surface area contributed by atoms with Gasteiger partial charge in [0.2, 0.25) is 0 Å². The van der Waals surface area contributed by atoms with Crippen molar-refractivity contribution in [2.75, 3.05) is 14.2 Å². The van der Waals surface area contributed by atoms with Gasteiger partial charge in [-0.05, 0) is 59.5 Å². The molecule has 0 aliphatic heterocycles. The van der Waals surface area contributed by atoms with E-state index < -0.39 is 0 Å². The van der Waals surface area contributed by atoms with Crippen molar-refractivity contribution in [1.82, 2.24) is 5.32 Å². The summed E-state index contributed by atoms with van der Waals surface area (Å²) in [5.74, 6) is 1.76. The van der Waals surface area contributed by atoms with E-state index in [1.54, 1.807) is 14.2 Å². The van der Waals surface area contributed by atoms with Crippen LogP contribution in [0.2, 0.25) is 0 Å². The van der Waals surface area contributed by atoms with Gasteiger partial charge in [-0.15, -0.1) is 0 Å². The summed E-state index contributed by atoms with van der Waals surface area (Å²) in [7, 11) is 3.38. The molecule has 0 aliphatic rings. The van der Waals surface area contributed by atoms with E-state index in [4.69, 9.17) is 9.47 Å². The molecule has 0 radical (unpaired) electrons. The molecule has 0 saturated heterocycles. The molecule has 26 heavy (non-hydrogen) atoms. The van der Waals surface area contributed by atoms with Gasteiger partial charge in [-0.25, -0.2) is 0 Å². The second-order valence-electron chi connectivity index (χ2n) is 6.31. The fourth-order valence-electron chi connectivity index (χ4n) is 2.94. The smallest absolute Gasteiger partial charge is 0.119 e. The van der Waals surface area contributed by atoms with Gasteiger partial charge in [0, 0.05) is 12.6 Å². The highest BCUT2D eigenvalue weighted by molar-refractivity contribution is 5.65. The fraction of sp³-hybridized carbons (Fsp3) is 0.217. The van der Waals surface area contributed by atoms with Crippen molar-refractivity contribution in [3.8, 4) is 22.6 Å². The lowest BCUT2D eigenvalue weighted by Gasteiger charge is -2.15. The summed E-state index contributed by atoms with van der Waals surface area (Å²) in [6, 6.07) is 25.2. The van der Waals surface area contributed by atoms with Gasteiger partial charge in [-0.1, -0.05) is 42.5 Å². The van der Waals surface area contributed by atoms with Crippen LogP contribution in [-0.4, -0.2) is 14.2 Å². The molecule has 0 heterocycles. The minimum Gasteiger partial charge on any atom is -0.497 e. The van der Waals surface area contributed by atoms with Crippen molar-refractivity contribution in [2.45, 2.75) is 19.5 Å². The minimum atomic E-state index is 0.265. The SMILES string of the molecule is COc1ccc([C@@H](C)NCc2cccc(-c3cccc(OC)c3)c2)cc1. The molecule has 3 aromatic carbocycles. The molecule has 1 atom stereocenters. The fourth-order valence-corrected chi connectivity index (χ4v) is 2.94. The van der Waals surface area contributed by atoms with Crippen molar-refractivity contribution in [3.05, 3.63) is 83.9 Å². The molecule has 0 bridgehead atoms. The topological polar surface area (TPSA) is 30.5 Å². The normalized spacial score (nSPS) is 11.8. The molecular formula is C23H25NO2. The maximum absolute atomic E-state index is 5.33. The lowest BCUT2D eigenvalue weighted by Crippen LogP contribution is -2.18. The average molecular weight is 347 g/mol. The molecule has 1 N–H and O–H groups in total. The van der Waals surface area contributed by atoms with E-state index in [9.17, 15) is 0 Å². The molecule has 0 aromatic heterocycles. The Bertz CT molecular complexity index is 843. The molecule has 3 nitrogen and oxygen atoms in total. The van der Waals surface area contributed by atoms with Gasteiger partial charge in [0.05, 0.1) is 14.2 Å². The third-order valence-electron chi connectivity index (χ3n) is 4.56. The summed E-state index contributed by atoms with van der Waals surface area (Å²) < 4.78 is 10.6. The third kappa shape index (κ3) is 4.44. The van der Waals surface area contributed by atoms with Gasteiger partial charge in [-0.2, -0.15) is 0 Å². The monoisotopic (exact) mass is 347 g/mol. The summed E-state index contributed by atoms with van der Waals surface area (Å²) in [5, 5.41) is 3.59. The maximum atomic E-state index is 5.33. The predicted octanol–water partition coefficient (Wildman–Crippen LogP) is 5.22. The van der Waals surface area contributed by atoms with Gasteiger partial charge < -0.3 is 14.8 Å². The molecule has 0 amide bonds. The third-order valence-corrected chi connectivity index (χ3v) is 4.56. The van der Waals surface area contributed by atoms with E-state index in [0.717, 1.165) is 23.6 Å². The molecule has 3 heteroatoms. The van der Waals surface area contributed by atoms with Crippen molar-refractivity contribution >= 4 is 0 Å². The summed E-state index contributed by atoms with van der Waals surface area (Å²) in [4.78, 5) is 0. The van der Waals surface area contributed by atoms with E-state index in [1.807, 2.05) is 24.3 Å². The Morgan fingerprint density at radius 3 is 2.12 bits per heavy atom. The number of hydrogen-bond donors (Lipinski definition) is 1. The van der Waals surface area contributed by atoms with Gasteiger partial charge >= 0.3 is 0 Å². The first kappa shape index (κ1) is 18.0. The second-order valence-corrected chi connectivity index (χ2v) is 6.31. The highest BCUT2D eigenvalue weighted by atomic mass is 16.5. The van der Waals surface area contributed by atoms with Crippen molar-refractivity contribution < 1.29 is 9.47 Å². The zero-order valence-electron chi connectivity index (χ0n) is 15.5. The van der Waals surface area contributed by atoms with Crippen LogP contribution in [-0.2, 0) is 6.54 Å². The molecule has 3 rings (SSSR count). The van der Waals surface area contributed by atoms with E-state index in [-0.39, 0.29) is 6.04 Å². The summed E-state index contributed by atoms with van der Waals surface area (Å²) in [6.07, 6.45) is 0.